The minimum Gasteiger partial charge on any atom is -0.356 e. The molecule has 0 unspecified atom stereocenters. The molecule has 0 saturated carbocycles. The van der Waals surface area contributed by atoms with Crippen molar-refractivity contribution in [1.29, 1.82) is 0 Å². The predicted octanol–water partition coefficient (Wildman–Crippen LogP) is 4.54. The molecule has 4 aromatic heterocycles. The second-order valence-corrected chi connectivity index (χ2v) is 7.91. The van der Waals surface area contributed by atoms with Crippen LogP contribution in [0, 0.1) is 5.95 Å². The topological polar surface area (TPSA) is 70.6 Å². The molecule has 0 radical (unpaired) electrons. The zero-order valence-electron chi connectivity index (χ0n) is 14.5. The third-order valence-electron chi connectivity index (χ3n) is 4.17. The van der Waals surface area contributed by atoms with Crippen LogP contribution in [-0.2, 0) is 0 Å². The van der Waals surface area contributed by atoms with E-state index in [1.165, 1.54) is 11.3 Å². The summed E-state index contributed by atoms with van der Waals surface area (Å²) in [5.74, 6) is 0.144. The van der Waals surface area contributed by atoms with Crippen molar-refractivity contribution in [3.63, 3.8) is 0 Å². The van der Waals surface area contributed by atoms with Crippen LogP contribution in [0.4, 0.5) is 10.2 Å². The molecule has 0 amide bonds. The van der Waals surface area contributed by atoms with Crippen molar-refractivity contribution in [2.24, 2.45) is 0 Å². The van der Waals surface area contributed by atoms with E-state index in [9.17, 15) is 4.39 Å². The molecule has 0 aliphatic carbocycles. The highest BCUT2D eigenvalue weighted by Gasteiger charge is 2.16. The van der Waals surface area contributed by atoms with E-state index in [1.54, 1.807) is 18.5 Å². The van der Waals surface area contributed by atoms with Gasteiger partial charge in [0, 0.05) is 29.3 Å². The zero-order valence-corrected chi connectivity index (χ0v) is 17.5. The third kappa shape index (κ3) is 3.65. The van der Waals surface area contributed by atoms with E-state index in [0.29, 0.717) is 22.0 Å². The van der Waals surface area contributed by atoms with Crippen molar-refractivity contribution < 1.29 is 4.39 Å². The van der Waals surface area contributed by atoms with Gasteiger partial charge in [0.2, 0.25) is 5.95 Å². The van der Waals surface area contributed by atoms with E-state index in [2.05, 4.69) is 52.6 Å². The van der Waals surface area contributed by atoms with Crippen LogP contribution in [0.1, 0.15) is 6.92 Å². The molecule has 0 saturated heterocycles. The van der Waals surface area contributed by atoms with E-state index in [-0.39, 0.29) is 0 Å². The number of halogens is 2. The van der Waals surface area contributed by atoms with E-state index < -0.39 is 5.95 Å². The maximum Gasteiger partial charge on any atom is 0.225 e. The largest absolute Gasteiger partial charge is 0.356 e. The Bertz CT molecular complexity index is 1070. The Balaban J connectivity index is 1.69. The monoisotopic (exact) mass is 494 g/mol. The molecule has 27 heavy (non-hydrogen) atoms. The lowest BCUT2D eigenvalue weighted by Crippen LogP contribution is -2.26. The van der Waals surface area contributed by atoms with Gasteiger partial charge < -0.3 is 4.90 Å². The standard InChI is InChI=1S/C18H16FIN6S/c1-2-26(8-7-20)15-6-3-12(16(19)24-15)18-25-17-14(27-18)5-4-13(23-17)11-9-21-22-10-11/h3-6,9-10H,2,7-8H2,1H3,(H,21,22). The lowest BCUT2D eigenvalue weighted by molar-refractivity contribution is 0.585. The Morgan fingerprint density at radius 1 is 1.19 bits per heavy atom. The first kappa shape index (κ1) is 18.2. The van der Waals surface area contributed by atoms with Crippen LogP contribution in [0.15, 0.2) is 36.7 Å². The van der Waals surface area contributed by atoms with Crippen molar-refractivity contribution in [3.8, 4) is 21.8 Å². The summed E-state index contributed by atoms with van der Waals surface area (Å²) < 4.78 is 16.6. The van der Waals surface area contributed by atoms with Gasteiger partial charge in [-0.05, 0) is 31.2 Å². The minimum atomic E-state index is -0.506. The summed E-state index contributed by atoms with van der Waals surface area (Å²) in [6, 6.07) is 7.47. The van der Waals surface area contributed by atoms with Crippen LogP contribution >= 0.6 is 33.9 Å². The fourth-order valence-electron chi connectivity index (χ4n) is 2.78. The summed E-state index contributed by atoms with van der Waals surface area (Å²) in [5, 5.41) is 7.29. The summed E-state index contributed by atoms with van der Waals surface area (Å²) >= 11 is 3.72. The number of nitrogens with one attached hydrogen (secondary N) is 1. The molecule has 4 rings (SSSR count). The maximum atomic E-state index is 14.7. The highest BCUT2D eigenvalue weighted by atomic mass is 127. The third-order valence-corrected chi connectivity index (χ3v) is 5.70. The maximum absolute atomic E-state index is 14.7. The normalized spacial score (nSPS) is 11.2. The van der Waals surface area contributed by atoms with Crippen LogP contribution < -0.4 is 4.90 Å². The Morgan fingerprint density at radius 3 is 2.78 bits per heavy atom. The number of rotatable bonds is 6. The number of anilines is 1. The van der Waals surface area contributed by atoms with Crippen LogP contribution in [0.25, 0.3) is 32.2 Å². The molecular formula is C18H16FIN6S. The molecule has 4 aromatic rings. The first-order valence-corrected chi connectivity index (χ1v) is 10.8. The number of aromatic amines is 1. The molecule has 0 fully saturated rings. The molecule has 1 N–H and O–H groups in total. The number of alkyl halides is 1. The number of H-pyrrole nitrogens is 1. The van der Waals surface area contributed by atoms with E-state index >= 15 is 0 Å². The second-order valence-electron chi connectivity index (χ2n) is 5.80. The van der Waals surface area contributed by atoms with Crippen LogP contribution in [0.5, 0.6) is 0 Å². The first-order valence-electron chi connectivity index (χ1n) is 8.44. The van der Waals surface area contributed by atoms with E-state index in [4.69, 9.17) is 0 Å². The van der Waals surface area contributed by atoms with Crippen molar-refractivity contribution in [3.05, 3.63) is 42.6 Å². The van der Waals surface area contributed by atoms with Gasteiger partial charge in [0.05, 0.1) is 22.2 Å². The minimum absolute atomic E-state index is 0.400. The number of nitrogens with zero attached hydrogens (tertiary/aromatic N) is 5. The van der Waals surface area contributed by atoms with Crippen molar-refractivity contribution in [2.45, 2.75) is 6.92 Å². The molecule has 9 heteroatoms. The number of thiazole rings is 1. The number of fused-ring (bicyclic) bond motifs is 1. The quantitative estimate of drug-likeness (QED) is 0.242. The van der Waals surface area contributed by atoms with Gasteiger partial charge >= 0.3 is 0 Å². The van der Waals surface area contributed by atoms with Crippen LogP contribution in [0.2, 0.25) is 0 Å². The SMILES string of the molecule is CCN(CCI)c1ccc(-c2nc3nc(-c4cn[nH]c4)ccc3s2)c(F)n1. The number of hydrogen-bond acceptors (Lipinski definition) is 6. The number of pyridine rings is 2. The molecule has 138 valence electrons. The summed E-state index contributed by atoms with van der Waals surface area (Å²) in [7, 11) is 0. The lowest BCUT2D eigenvalue weighted by Gasteiger charge is -2.20. The molecule has 0 aromatic carbocycles. The summed E-state index contributed by atoms with van der Waals surface area (Å²) in [5.41, 5.74) is 2.66. The Hall–Kier alpha value is -2.14. The van der Waals surface area contributed by atoms with Crippen molar-refractivity contribution in [1.82, 2.24) is 25.1 Å². The molecular weight excluding hydrogens is 478 g/mol. The predicted molar refractivity (Wildman–Crippen MR) is 115 cm³/mol. The Labute approximate surface area is 173 Å². The van der Waals surface area contributed by atoms with Crippen LogP contribution in [-0.4, -0.2) is 42.7 Å². The molecule has 0 aliphatic heterocycles. The first-order chi connectivity index (χ1) is 13.2. The molecule has 0 bridgehead atoms. The highest BCUT2D eigenvalue weighted by molar-refractivity contribution is 14.1. The van der Waals surface area contributed by atoms with Crippen molar-refractivity contribution in [2.75, 3.05) is 22.4 Å². The Morgan fingerprint density at radius 2 is 2.07 bits per heavy atom. The average molecular weight is 494 g/mol. The van der Waals surface area contributed by atoms with Gasteiger partial charge in [0.15, 0.2) is 5.65 Å². The fraction of sp³-hybridized carbons (Fsp3) is 0.222. The second kappa shape index (κ2) is 7.85. The molecule has 0 atom stereocenters. The number of aromatic nitrogens is 5. The van der Waals surface area contributed by atoms with Gasteiger partial charge in [0.1, 0.15) is 10.8 Å². The highest BCUT2D eigenvalue weighted by Crippen LogP contribution is 2.32. The van der Waals surface area contributed by atoms with Gasteiger partial charge in [-0.1, -0.05) is 22.6 Å². The Kier molecular flexibility index (Phi) is 5.30. The van der Waals surface area contributed by atoms with Gasteiger partial charge in [-0.15, -0.1) is 11.3 Å². The van der Waals surface area contributed by atoms with E-state index in [1.807, 2.05) is 25.1 Å². The van der Waals surface area contributed by atoms with Gasteiger partial charge in [-0.2, -0.15) is 9.49 Å². The van der Waals surface area contributed by atoms with Gasteiger partial charge in [0.25, 0.3) is 0 Å². The molecule has 0 aliphatic rings. The lowest BCUT2D eigenvalue weighted by atomic mass is 10.2. The summed E-state index contributed by atoms with van der Waals surface area (Å²) in [6.07, 6.45) is 3.48. The number of hydrogen-bond donors (Lipinski definition) is 1. The van der Waals surface area contributed by atoms with Gasteiger partial charge in [-0.25, -0.2) is 15.0 Å². The smallest absolute Gasteiger partial charge is 0.225 e. The zero-order chi connectivity index (χ0) is 18.8. The van der Waals surface area contributed by atoms with E-state index in [0.717, 1.165) is 33.5 Å². The van der Waals surface area contributed by atoms with Crippen LogP contribution in [0.3, 0.4) is 0 Å². The molecule has 0 spiro atoms. The fourth-order valence-corrected chi connectivity index (χ4v) is 4.29. The van der Waals surface area contributed by atoms with Crippen molar-refractivity contribution >= 4 is 50.1 Å². The average Bonchev–Trinajstić information content (AvgIpc) is 3.34. The molecule has 6 nitrogen and oxygen atoms in total. The van der Waals surface area contributed by atoms with Gasteiger partial charge in [-0.3, -0.25) is 5.10 Å². The summed E-state index contributed by atoms with van der Waals surface area (Å²) in [4.78, 5) is 15.3. The summed E-state index contributed by atoms with van der Waals surface area (Å²) in [6.45, 7) is 3.66. The molecule has 4 heterocycles.